The minimum Gasteiger partial charge on any atom is -0.497 e. The third-order valence-electron chi connectivity index (χ3n) is 11.6. The summed E-state index contributed by atoms with van der Waals surface area (Å²) < 4.78 is 10.9. The fourth-order valence-electron chi connectivity index (χ4n) is 8.14. The molecule has 9 aromatic rings. The predicted octanol–water partition coefficient (Wildman–Crippen LogP) is 16.8. The Bertz CT molecular complexity index is 2830. The molecule has 0 N–H and O–H groups in total. The molecule has 5 heteroatoms. The van der Waals surface area contributed by atoms with E-state index in [4.69, 9.17) is 21.1 Å². The number of ether oxygens (including phenoxy) is 2. The first-order valence-corrected chi connectivity index (χ1v) is 22.4. The Morgan fingerprint density at radius 3 is 0.970 bits per heavy atom. The molecule has 0 fully saturated rings. The zero-order valence-corrected chi connectivity index (χ0v) is 37.9. The van der Waals surface area contributed by atoms with Crippen LogP contribution < -0.4 is 19.3 Å². The largest absolute Gasteiger partial charge is 0.497 e. The molecule has 0 spiro atoms. The lowest BCUT2D eigenvalue weighted by molar-refractivity contribution is 0.414. The number of aryl methyl sites for hydroxylation is 1. The first-order chi connectivity index (χ1) is 32.4. The summed E-state index contributed by atoms with van der Waals surface area (Å²) in [7, 11) is 3.38. The van der Waals surface area contributed by atoms with Crippen LogP contribution in [-0.2, 0) is 0 Å². The normalized spacial score (nSPS) is 11.5. The molecule has 0 atom stereocenters. The number of rotatable bonds is 14. The first-order valence-electron chi connectivity index (χ1n) is 22.0. The summed E-state index contributed by atoms with van der Waals surface area (Å²) in [6.45, 7) is 2.13. The number of nitrogens with zero attached hydrogens (tertiary/aromatic N) is 2. The van der Waals surface area contributed by atoms with E-state index in [-0.39, 0.29) is 0 Å². The molecule has 9 rings (SSSR count). The molecule has 4 nitrogen and oxygen atoms in total. The summed E-state index contributed by atoms with van der Waals surface area (Å²) in [5.41, 5.74) is 16.4. The van der Waals surface area contributed by atoms with Crippen LogP contribution in [0.15, 0.2) is 231 Å². The summed E-state index contributed by atoms with van der Waals surface area (Å²) in [5.74, 6) is 1.64. The van der Waals surface area contributed by atoms with Crippen molar-refractivity contribution in [1.82, 2.24) is 0 Å². The third kappa shape index (κ3) is 10.0. The summed E-state index contributed by atoms with van der Waals surface area (Å²) in [6, 6.07) is 80.4. The molecule has 322 valence electrons. The number of methoxy groups -OCH3 is 2. The van der Waals surface area contributed by atoms with E-state index in [2.05, 4.69) is 211 Å². The second kappa shape index (κ2) is 20.2. The van der Waals surface area contributed by atoms with Crippen LogP contribution in [0.4, 0.5) is 34.1 Å². The van der Waals surface area contributed by atoms with E-state index >= 15 is 0 Å². The minimum atomic E-state index is 0.701. The van der Waals surface area contributed by atoms with Gasteiger partial charge in [0.1, 0.15) is 11.5 Å². The van der Waals surface area contributed by atoms with Gasteiger partial charge in [-0.2, -0.15) is 0 Å². The van der Waals surface area contributed by atoms with Gasteiger partial charge in [-0.15, -0.1) is 0 Å². The monoisotopic (exact) mass is 876 g/mol. The van der Waals surface area contributed by atoms with Gasteiger partial charge in [0, 0.05) is 39.1 Å². The Morgan fingerprint density at radius 2 is 0.636 bits per heavy atom. The Morgan fingerprint density at radius 1 is 0.348 bits per heavy atom. The second-order valence-electron chi connectivity index (χ2n) is 16.0. The van der Waals surface area contributed by atoms with Crippen LogP contribution in [-0.4, -0.2) is 14.2 Å². The molecule has 0 aliphatic carbocycles. The summed E-state index contributed by atoms with van der Waals surface area (Å²) in [4.78, 5) is 4.51. The minimum absolute atomic E-state index is 0.701. The van der Waals surface area contributed by atoms with E-state index in [1.165, 1.54) is 5.56 Å². The Labute approximate surface area is 393 Å². The molecule has 0 saturated carbocycles. The quantitative estimate of drug-likeness (QED) is 0.102. The van der Waals surface area contributed by atoms with Gasteiger partial charge in [0.15, 0.2) is 0 Å². The van der Waals surface area contributed by atoms with Gasteiger partial charge in [0.05, 0.1) is 14.2 Å². The Hall–Kier alpha value is -8.05. The van der Waals surface area contributed by atoms with Gasteiger partial charge in [-0.05, 0) is 173 Å². The summed E-state index contributed by atoms with van der Waals surface area (Å²) >= 11 is 6.42. The zero-order chi connectivity index (χ0) is 45.2. The fraction of sp³-hybridized carbons (Fsp3) is 0.0492. The van der Waals surface area contributed by atoms with Gasteiger partial charge < -0.3 is 19.3 Å². The molecule has 0 radical (unpaired) electrons. The van der Waals surface area contributed by atoms with Gasteiger partial charge in [-0.3, -0.25) is 0 Å². The molecule has 9 aromatic carbocycles. The van der Waals surface area contributed by atoms with Crippen LogP contribution in [0.3, 0.4) is 0 Å². The third-order valence-corrected chi connectivity index (χ3v) is 11.9. The van der Waals surface area contributed by atoms with Gasteiger partial charge in [0.25, 0.3) is 0 Å². The molecule has 0 saturated heterocycles. The molecule has 66 heavy (non-hydrogen) atoms. The van der Waals surface area contributed by atoms with Crippen LogP contribution in [0, 0.1) is 6.92 Å². The van der Waals surface area contributed by atoms with E-state index in [0.717, 1.165) is 90.2 Å². The lowest BCUT2D eigenvalue weighted by atomic mass is 9.91. The van der Waals surface area contributed by atoms with E-state index in [1.807, 2.05) is 48.5 Å². The van der Waals surface area contributed by atoms with Crippen molar-refractivity contribution in [1.29, 1.82) is 0 Å². The topological polar surface area (TPSA) is 24.9 Å². The van der Waals surface area contributed by atoms with Crippen molar-refractivity contribution >= 4 is 69.0 Å². The second-order valence-corrected chi connectivity index (χ2v) is 16.4. The van der Waals surface area contributed by atoms with E-state index in [9.17, 15) is 0 Å². The number of hydrogen-bond acceptors (Lipinski definition) is 4. The van der Waals surface area contributed by atoms with Crippen LogP contribution in [0.1, 0.15) is 38.9 Å². The lowest BCUT2D eigenvalue weighted by Crippen LogP contribution is -2.09. The fourth-order valence-corrected chi connectivity index (χ4v) is 8.27. The van der Waals surface area contributed by atoms with Crippen LogP contribution in [0.25, 0.3) is 23.3 Å². The van der Waals surface area contributed by atoms with Gasteiger partial charge in [0.2, 0.25) is 0 Å². The molecule has 0 heterocycles. The average Bonchev–Trinajstić information content (AvgIpc) is 3.38. The molecular formula is C61H49ClN2O2. The highest BCUT2D eigenvalue weighted by atomic mass is 35.5. The van der Waals surface area contributed by atoms with E-state index < -0.39 is 0 Å². The van der Waals surface area contributed by atoms with Crippen molar-refractivity contribution in [3.05, 3.63) is 274 Å². The molecule has 0 amide bonds. The SMILES string of the molecule is COc1ccc(N(c2ccccc2)c2ccc(C=C(c3ccc(C)cc3)c3ccc(C(=Cc4ccc(N(c5ccccc5)c5ccc(OC)cc5)cc4)c4ccc(Cl)cc4)cc3)cc2)cc1. The van der Waals surface area contributed by atoms with Gasteiger partial charge >= 0.3 is 0 Å². The van der Waals surface area contributed by atoms with E-state index in [1.54, 1.807) is 14.2 Å². The summed E-state index contributed by atoms with van der Waals surface area (Å²) in [5, 5.41) is 0.701. The highest BCUT2D eigenvalue weighted by Crippen LogP contribution is 2.38. The van der Waals surface area contributed by atoms with Crippen molar-refractivity contribution in [3.63, 3.8) is 0 Å². The standard InChI is InChI=1S/C61H49ClN2O2/c1-44-14-20-47(21-15-44)60(42-45-16-30-54(31-17-45)63(52-10-6-4-7-11-52)56-34-38-58(65-2)39-35-56)48-22-24-49(25-23-48)61(50-26-28-51(62)29-27-50)43-46-18-32-55(33-19-46)64(53-12-8-5-9-13-53)57-36-40-59(66-3)41-37-57/h4-43H,1-3H3. The highest BCUT2D eigenvalue weighted by Gasteiger charge is 2.16. The van der Waals surface area contributed by atoms with Crippen LogP contribution in [0.5, 0.6) is 11.5 Å². The van der Waals surface area contributed by atoms with Crippen molar-refractivity contribution in [2.45, 2.75) is 6.92 Å². The number of anilines is 6. The van der Waals surface area contributed by atoms with Crippen molar-refractivity contribution in [3.8, 4) is 11.5 Å². The van der Waals surface area contributed by atoms with Gasteiger partial charge in [-0.25, -0.2) is 0 Å². The van der Waals surface area contributed by atoms with E-state index in [0.29, 0.717) is 5.02 Å². The first kappa shape index (κ1) is 43.2. The molecule has 0 bridgehead atoms. The molecule has 0 unspecified atom stereocenters. The van der Waals surface area contributed by atoms with Crippen LogP contribution in [0.2, 0.25) is 5.02 Å². The summed E-state index contributed by atoms with van der Waals surface area (Å²) in [6.07, 6.45) is 4.54. The zero-order valence-electron chi connectivity index (χ0n) is 37.2. The van der Waals surface area contributed by atoms with Crippen molar-refractivity contribution in [2.75, 3.05) is 24.0 Å². The van der Waals surface area contributed by atoms with Crippen molar-refractivity contribution < 1.29 is 9.47 Å². The number of benzene rings is 9. The Kier molecular flexibility index (Phi) is 13.2. The van der Waals surface area contributed by atoms with Crippen molar-refractivity contribution in [2.24, 2.45) is 0 Å². The molecular weight excluding hydrogens is 828 g/mol. The van der Waals surface area contributed by atoms with Gasteiger partial charge in [-0.1, -0.05) is 138 Å². The molecule has 0 aliphatic rings. The Balaban J connectivity index is 1.05. The maximum Gasteiger partial charge on any atom is 0.119 e. The molecule has 0 aromatic heterocycles. The van der Waals surface area contributed by atoms with Crippen LogP contribution >= 0.6 is 11.6 Å². The predicted molar refractivity (Wildman–Crippen MR) is 278 cm³/mol. The highest BCUT2D eigenvalue weighted by molar-refractivity contribution is 6.30. The maximum atomic E-state index is 6.42. The smallest absolute Gasteiger partial charge is 0.119 e. The maximum absolute atomic E-state index is 6.42. The average molecular weight is 878 g/mol. The number of para-hydroxylation sites is 2. The molecule has 0 aliphatic heterocycles. The number of hydrogen-bond donors (Lipinski definition) is 0. The number of halogens is 1. The lowest BCUT2D eigenvalue weighted by Gasteiger charge is -2.25.